The van der Waals surface area contributed by atoms with Gasteiger partial charge in [0.2, 0.25) is 10.0 Å². The van der Waals surface area contributed by atoms with Crippen LogP contribution in [-0.4, -0.2) is 25.7 Å². The van der Waals surface area contributed by atoms with Crippen molar-refractivity contribution < 1.29 is 13.5 Å². The Morgan fingerprint density at radius 1 is 1.50 bits per heavy atom. The first-order chi connectivity index (χ1) is 9.23. The van der Waals surface area contributed by atoms with Crippen molar-refractivity contribution in [2.45, 2.75) is 37.7 Å². The largest absolute Gasteiger partial charge is 0.389 e. The van der Waals surface area contributed by atoms with Crippen molar-refractivity contribution in [3.05, 3.63) is 29.8 Å². The summed E-state index contributed by atoms with van der Waals surface area (Å²) < 4.78 is 26.6. The minimum absolute atomic E-state index is 0.0245. The number of aliphatic hydroxyl groups is 1. The molecule has 0 heterocycles. The van der Waals surface area contributed by atoms with Crippen molar-refractivity contribution in [1.29, 1.82) is 5.26 Å². The van der Waals surface area contributed by atoms with Crippen molar-refractivity contribution in [2.24, 2.45) is 5.92 Å². The highest BCUT2D eigenvalue weighted by molar-refractivity contribution is 7.89. The zero-order chi connectivity index (χ0) is 15.4. The second-order valence-corrected chi connectivity index (χ2v) is 6.90. The quantitative estimate of drug-likeness (QED) is 0.835. The molecular formula is C14H20N2O3S. The molecule has 6 heteroatoms. The van der Waals surface area contributed by atoms with Crippen LogP contribution in [0, 0.1) is 17.2 Å². The van der Waals surface area contributed by atoms with Gasteiger partial charge in [0, 0.05) is 6.54 Å². The standard InChI is InChI=1S/C14H20N2O3S/c1-4-11(2)14(3,17)10-16-20(18,19)13-7-5-6-12(8-13)9-15/h5-8,11,16-17H,4,10H2,1-3H3. The van der Waals surface area contributed by atoms with Crippen LogP contribution >= 0.6 is 0 Å². The molecule has 20 heavy (non-hydrogen) atoms. The Hall–Kier alpha value is -1.42. The van der Waals surface area contributed by atoms with Crippen LogP contribution in [0.4, 0.5) is 0 Å². The predicted molar refractivity (Wildman–Crippen MR) is 76.4 cm³/mol. The monoisotopic (exact) mass is 296 g/mol. The van der Waals surface area contributed by atoms with Crippen LogP contribution in [0.25, 0.3) is 0 Å². The number of rotatable bonds is 6. The number of benzene rings is 1. The van der Waals surface area contributed by atoms with Crippen LogP contribution in [0.5, 0.6) is 0 Å². The second kappa shape index (κ2) is 6.35. The highest BCUT2D eigenvalue weighted by Gasteiger charge is 2.29. The van der Waals surface area contributed by atoms with Crippen molar-refractivity contribution in [3.8, 4) is 6.07 Å². The van der Waals surface area contributed by atoms with E-state index in [-0.39, 0.29) is 22.9 Å². The summed E-state index contributed by atoms with van der Waals surface area (Å²) in [6.07, 6.45) is 0.749. The van der Waals surface area contributed by atoms with Crippen LogP contribution in [0.1, 0.15) is 32.8 Å². The minimum Gasteiger partial charge on any atom is -0.389 e. The fourth-order valence-corrected chi connectivity index (χ4v) is 2.86. The average molecular weight is 296 g/mol. The number of hydrogen-bond acceptors (Lipinski definition) is 4. The molecule has 0 aromatic heterocycles. The normalized spacial score (nSPS) is 16.1. The summed E-state index contributed by atoms with van der Waals surface area (Å²) in [4.78, 5) is 0.0245. The molecule has 0 bridgehead atoms. The lowest BCUT2D eigenvalue weighted by Gasteiger charge is -2.29. The Morgan fingerprint density at radius 2 is 2.15 bits per heavy atom. The van der Waals surface area contributed by atoms with E-state index < -0.39 is 15.6 Å². The van der Waals surface area contributed by atoms with Crippen molar-refractivity contribution in [3.63, 3.8) is 0 Å². The van der Waals surface area contributed by atoms with E-state index in [9.17, 15) is 13.5 Å². The topological polar surface area (TPSA) is 90.2 Å². The third-order valence-corrected chi connectivity index (χ3v) is 4.97. The van der Waals surface area contributed by atoms with E-state index in [0.29, 0.717) is 0 Å². The molecule has 2 N–H and O–H groups in total. The molecule has 2 unspecified atom stereocenters. The van der Waals surface area contributed by atoms with Gasteiger partial charge in [0.05, 0.1) is 22.1 Å². The van der Waals surface area contributed by atoms with Gasteiger partial charge in [-0.15, -0.1) is 0 Å². The number of hydrogen-bond donors (Lipinski definition) is 2. The second-order valence-electron chi connectivity index (χ2n) is 5.13. The van der Waals surface area contributed by atoms with Crippen LogP contribution in [-0.2, 0) is 10.0 Å². The molecule has 110 valence electrons. The molecule has 0 fully saturated rings. The van der Waals surface area contributed by atoms with Gasteiger partial charge in [-0.3, -0.25) is 0 Å². The molecule has 0 aliphatic heterocycles. The molecule has 0 saturated carbocycles. The van der Waals surface area contributed by atoms with Gasteiger partial charge in [0.15, 0.2) is 0 Å². The highest BCUT2D eigenvalue weighted by Crippen LogP contribution is 2.20. The molecular weight excluding hydrogens is 276 g/mol. The Balaban J connectivity index is 2.88. The summed E-state index contributed by atoms with van der Waals surface area (Å²) in [5.74, 6) is -0.0318. The van der Waals surface area contributed by atoms with Crippen LogP contribution in [0.2, 0.25) is 0 Å². The summed E-state index contributed by atoms with van der Waals surface area (Å²) in [5.41, 5.74) is -0.837. The molecule has 2 atom stereocenters. The zero-order valence-corrected chi connectivity index (χ0v) is 12.7. The van der Waals surface area contributed by atoms with Gasteiger partial charge in [0.1, 0.15) is 0 Å². The van der Waals surface area contributed by atoms with E-state index in [1.54, 1.807) is 6.92 Å². The van der Waals surface area contributed by atoms with Crippen molar-refractivity contribution in [1.82, 2.24) is 4.72 Å². The molecule has 0 saturated heterocycles. The molecule has 0 amide bonds. The maximum absolute atomic E-state index is 12.1. The fraction of sp³-hybridized carbons (Fsp3) is 0.500. The molecule has 5 nitrogen and oxygen atoms in total. The van der Waals surface area contributed by atoms with Crippen molar-refractivity contribution >= 4 is 10.0 Å². The smallest absolute Gasteiger partial charge is 0.240 e. The summed E-state index contributed by atoms with van der Waals surface area (Å²) in [5, 5.41) is 19.0. The molecule has 1 rings (SSSR count). The third-order valence-electron chi connectivity index (χ3n) is 3.57. The summed E-state index contributed by atoms with van der Waals surface area (Å²) in [6.45, 7) is 5.34. The summed E-state index contributed by atoms with van der Waals surface area (Å²) in [7, 11) is -3.73. The number of sulfonamides is 1. The Labute approximate surface area is 120 Å². The van der Waals surface area contributed by atoms with Gasteiger partial charge >= 0.3 is 0 Å². The molecule has 0 spiro atoms. The van der Waals surface area contributed by atoms with Gasteiger partial charge in [-0.2, -0.15) is 5.26 Å². The first-order valence-corrected chi connectivity index (χ1v) is 7.93. The van der Waals surface area contributed by atoms with E-state index in [1.165, 1.54) is 24.3 Å². The van der Waals surface area contributed by atoms with Gasteiger partial charge in [-0.1, -0.05) is 26.3 Å². The number of nitriles is 1. The van der Waals surface area contributed by atoms with Crippen molar-refractivity contribution in [2.75, 3.05) is 6.54 Å². The highest BCUT2D eigenvalue weighted by atomic mass is 32.2. The van der Waals surface area contributed by atoms with Crippen LogP contribution in [0.15, 0.2) is 29.2 Å². The van der Waals surface area contributed by atoms with Crippen LogP contribution in [0.3, 0.4) is 0 Å². The third kappa shape index (κ3) is 4.04. The van der Waals surface area contributed by atoms with E-state index in [1.807, 2.05) is 19.9 Å². The minimum atomic E-state index is -3.73. The summed E-state index contributed by atoms with van der Waals surface area (Å²) >= 11 is 0. The molecule has 0 radical (unpaired) electrons. The Morgan fingerprint density at radius 3 is 2.70 bits per heavy atom. The first kappa shape index (κ1) is 16.6. The lowest BCUT2D eigenvalue weighted by Crippen LogP contribution is -2.44. The maximum atomic E-state index is 12.1. The lowest BCUT2D eigenvalue weighted by molar-refractivity contribution is 0.0102. The lowest BCUT2D eigenvalue weighted by atomic mass is 9.89. The molecule has 0 aliphatic carbocycles. The molecule has 1 aromatic rings. The number of nitrogens with zero attached hydrogens (tertiary/aromatic N) is 1. The van der Waals surface area contributed by atoms with Crippen LogP contribution < -0.4 is 4.72 Å². The Bertz CT molecular complexity index is 603. The Kier molecular flexibility index (Phi) is 5.28. The van der Waals surface area contributed by atoms with Gasteiger partial charge in [-0.05, 0) is 31.0 Å². The first-order valence-electron chi connectivity index (χ1n) is 6.45. The predicted octanol–water partition coefficient (Wildman–Crippen LogP) is 1.63. The van der Waals surface area contributed by atoms with E-state index in [4.69, 9.17) is 5.26 Å². The molecule has 0 aliphatic rings. The zero-order valence-electron chi connectivity index (χ0n) is 11.9. The average Bonchev–Trinajstić information content (AvgIpc) is 2.44. The molecule has 1 aromatic carbocycles. The van der Waals surface area contributed by atoms with E-state index in [0.717, 1.165) is 6.42 Å². The summed E-state index contributed by atoms with van der Waals surface area (Å²) in [6, 6.07) is 7.67. The van der Waals surface area contributed by atoms with Gasteiger partial charge < -0.3 is 5.11 Å². The van der Waals surface area contributed by atoms with Gasteiger partial charge in [-0.25, -0.2) is 13.1 Å². The maximum Gasteiger partial charge on any atom is 0.240 e. The van der Waals surface area contributed by atoms with E-state index >= 15 is 0 Å². The SMILES string of the molecule is CCC(C)C(C)(O)CNS(=O)(=O)c1cccc(C#N)c1. The number of nitrogens with one attached hydrogen (secondary N) is 1. The van der Waals surface area contributed by atoms with Gasteiger partial charge in [0.25, 0.3) is 0 Å². The fourth-order valence-electron chi connectivity index (χ4n) is 1.67. The van der Waals surface area contributed by atoms with E-state index in [2.05, 4.69) is 4.72 Å².